The number of carbonyl (C=O) groups is 1. The third kappa shape index (κ3) is 7.03. The molecule has 0 aliphatic heterocycles. The van der Waals surface area contributed by atoms with Crippen LogP contribution in [-0.2, 0) is 0 Å². The average Bonchev–Trinajstić information content (AvgIpc) is 3.23. The molecule has 4 nitrogen and oxygen atoms in total. The van der Waals surface area contributed by atoms with Crippen LogP contribution in [-0.4, -0.2) is 26.7 Å². The number of carboxylic acid groups (broad SMARTS) is 2. The second-order valence-electron chi connectivity index (χ2n) is 7.48. The number of aliphatic hydroxyl groups excluding tert-OH is 1. The molecule has 4 rings (SSSR count). The number of aliphatic hydroxyl groups is 1. The number of benzene rings is 3. The van der Waals surface area contributed by atoms with Crippen LogP contribution in [0.15, 0.2) is 83.8 Å². The van der Waals surface area contributed by atoms with E-state index in [1.165, 1.54) is 11.3 Å². The minimum absolute atomic E-state index is 0.340. The van der Waals surface area contributed by atoms with Gasteiger partial charge in [0.2, 0.25) is 0 Å². The van der Waals surface area contributed by atoms with Crippen LogP contribution in [0.4, 0.5) is 4.79 Å². The standard InChI is InChI=1S/C24H23ClOS.CH2O3/c25-21-13-10-18(11-14-21)17-6-8-19(9-7-17)24(26)20-12-15-23(16-20)27-22-4-2-1-3-5-22;2-1(3)4/h1-11,13-14,20,23-24,26H,12,15-16H2;(H2,2,3,4)/t20-,23-,24?;/m1./s1. The van der Waals surface area contributed by atoms with Crippen LogP contribution in [0.1, 0.15) is 30.9 Å². The third-order valence-electron chi connectivity index (χ3n) is 5.35. The Balaban J connectivity index is 0.000000628. The molecule has 1 unspecified atom stereocenters. The predicted octanol–water partition coefficient (Wildman–Crippen LogP) is 7.22. The van der Waals surface area contributed by atoms with Crippen molar-refractivity contribution in [2.75, 3.05) is 0 Å². The molecular formula is C25H25ClO4S. The van der Waals surface area contributed by atoms with Crippen molar-refractivity contribution in [3.05, 3.63) is 89.4 Å². The van der Waals surface area contributed by atoms with E-state index in [-0.39, 0.29) is 6.10 Å². The molecule has 3 atom stereocenters. The molecule has 3 N–H and O–H groups in total. The lowest BCUT2D eigenvalue weighted by molar-refractivity contribution is 0.112. The van der Waals surface area contributed by atoms with Gasteiger partial charge in [0.25, 0.3) is 0 Å². The molecule has 0 radical (unpaired) electrons. The SMILES string of the molecule is O=C(O)O.OC(c1ccc(-c2ccc(Cl)cc2)cc1)[C@@H]1CC[C@@H](Sc2ccccc2)C1. The molecule has 1 fully saturated rings. The lowest BCUT2D eigenvalue weighted by atomic mass is 9.93. The molecule has 0 aromatic heterocycles. The van der Waals surface area contributed by atoms with Gasteiger partial charge in [-0.15, -0.1) is 11.8 Å². The van der Waals surface area contributed by atoms with E-state index in [1.807, 2.05) is 36.0 Å². The van der Waals surface area contributed by atoms with Gasteiger partial charge in [0.05, 0.1) is 6.10 Å². The molecule has 31 heavy (non-hydrogen) atoms. The Morgan fingerprint density at radius 2 is 1.42 bits per heavy atom. The lowest BCUT2D eigenvalue weighted by Crippen LogP contribution is -2.10. The Labute approximate surface area is 191 Å². The second-order valence-corrected chi connectivity index (χ2v) is 9.29. The van der Waals surface area contributed by atoms with Crippen molar-refractivity contribution in [3.8, 4) is 11.1 Å². The predicted molar refractivity (Wildman–Crippen MR) is 126 cm³/mol. The van der Waals surface area contributed by atoms with E-state index < -0.39 is 6.16 Å². The molecule has 0 spiro atoms. The van der Waals surface area contributed by atoms with Crippen LogP contribution >= 0.6 is 23.4 Å². The number of hydrogen-bond acceptors (Lipinski definition) is 3. The Bertz CT molecular complexity index is 957. The molecule has 3 aromatic carbocycles. The molecule has 0 amide bonds. The summed E-state index contributed by atoms with van der Waals surface area (Å²) in [5, 5.41) is 26.2. The number of halogens is 1. The average molecular weight is 457 g/mol. The molecule has 162 valence electrons. The fourth-order valence-electron chi connectivity index (χ4n) is 3.85. The third-order valence-corrected chi connectivity index (χ3v) is 6.91. The van der Waals surface area contributed by atoms with Gasteiger partial charge in [0.15, 0.2) is 0 Å². The van der Waals surface area contributed by atoms with Crippen molar-refractivity contribution in [2.45, 2.75) is 35.5 Å². The van der Waals surface area contributed by atoms with E-state index >= 15 is 0 Å². The number of rotatable bonds is 5. The second kappa shape index (κ2) is 11.2. The lowest BCUT2D eigenvalue weighted by Gasteiger charge is -2.19. The Morgan fingerprint density at radius 3 is 2.00 bits per heavy atom. The van der Waals surface area contributed by atoms with E-state index in [1.54, 1.807) is 0 Å². The molecule has 1 aliphatic rings. The van der Waals surface area contributed by atoms with Gasteiger partial charge in [-0.05, 0) is 66.1 Å². The summed E-state index contributed by atoms with van der Waals surface area (Å²) in [4.78, 5) is 9.88. The number of hydrogen-bond donors (Lipinski definition) is 3. The molecule has 1 saturated carbocycles. The highest BCUT2D eigenvalue weighted by atomic mass is 35.5. The van der Waals surface area contributed by atoms with E-state index in [4.69, 9.17) is 26.6 Å². The van der Waals surface area contributed by atoms with Gasteiger partial charge in [-0.25, -0.2) is 4.79 Å². The van der Waals surface area contributed by atoms with Crippen molar-refractivity contribution in [1.29, 1.82) is 0 Å². The zero-order chi connectivity index (χ0) is 22.2. The highest BCUT2D eigenvalue weighted by molar-refractivity contribution is 8.00. The van der Waals surface area contributed by atoms with E-state index in [9.17, 15) is 5.11 Å². The van der Waals surface area contributed by atoms with E-state index in [2.05, 4.69) is 54.6 Å². The number of thioether (sulfide) groups is 1. The summed E-state index contributed by atoms with van der Waals surface area (Å²) in [6, 6.07) is 26.7. The van der Waals surface area contributed by atoms with Gasteiger partial charge < -0.3 is 15.3 Å². The zero-order valence-corrected chi connectivity index (χ0v) is 18.5. The fourth-order valence-corrected chi connectivity index (χ4v) is 5.27. The first-order valence-electron chi connectivity index (χ1n) is 10.1. The van der Waals surface area contributed by atoms with Gasteiger partial charge in [-0.2, -0.15) is 0 Å². The van der Waals surface area contributed by atoms with Crippen LogP contribution in [0.5, 0.6) is 0 Å². The van der Waals surface area contributed by atoms with Crippen molar-refractivity contribution in [1.82, 2.24) is 0 Å². The minimum atomic E-state index is -1.83. The zero-order valence-electron chi connectivity index (χ0n) is 16.9. The summed E-state index contributed by atoms with van der Waals surface area (Å²) >= 11 is 7.91. The highest BCUT2D eigenvalue weighted by Gasteiger charge is 2.31. The van der Waals surface area contributed by atoms with Crippen LogP contribution in [0, 0.1) is 5.92 Å². The summed E-state index contributed by atoms with van der Waals surface area (Å²) in [6.07, 6.45) is 1.11. The summed E-state index contributed by atoms with van der Waals surface area (Å²) in [5.74, 6) is 0.340. The molecule has 0 heterocycles. The first-order valence-corrected chi connectivity index (χ1v) is 11.4. The fraction of sp³-hybridized carbons (Fsp3) is 0.240. The van der Waals surface area contributed by atoms with E-state index in [0.29, 0.717) is 11.2 Å². The monoisotopic (exact) mass is 456 g/mol. The van der Waals surface area contributed by atoms with Gasteiger partial charge in [-0.3, -0.25) is 0 Å². The van der Waals surface area contributed by atoms with Gasteiger partial charge in [-0.1, -0.05) is 66.2 Å². The van der Waals surface area contributed by atoms with Crippen LogP contribution in [0.3, 0.4) is 0 Å². The summed E-state index contributed by atoms with van der Waals surface area (Å²) in [7, 11) is 0. The van der Waals surface area contributed by atoms with Crippen molar-refractivity contribution in [3.63, 3.8) is 0 Å². The maximum Gasteiger partial charge on any atom is 0.503 e. The van der Waals surface area contributed by atoms with Crippen molar-refractivity contribution >= 4 is 29.5 Å². The largest absolute Gasteiger partial charge is 0.503 e. The van der Waals surface area contributed by atoms with Crippen molar-refractivity contribution < 1.29 is 20.1 Å². The first kappa shape index (κ1) is 23.2. The quantitative estimate of drug-likeness (QED) is 0.377. The minimum Gasteiger partial charge on any atom is -0.450 e. The molecular weight excluding hydrogens is 432 g/mol. The molecule has 0 bridgehead atoms. The van der Waals surface area contributed by atoms with E-state index in [0.717, 1.165) is 34.6 Å². The van der Waals surface area contributed by atoms with Gasteiger partial charge in [0.1, 0.15) is 0 Å². The summed E-state index contributed by atoms with van der Waals surface area (Å²) < 4.78 is 0. The topological polar surface area (TPSA) is 77.8 Å². The normalized spacial score (nSPS) is 18.6. The Hall–Kier alpha value is -2.47. The van der Waals surface area contributed by atoms with Gasteiger partial charge >= 0.3 is 6.16 Å². The van der Waals surface area contributed by atoms with Crippen LogP contribution < -0.4 is 0 Å². The van der Waals surface area contributed by atoms with Crippen molar-refractivity contribution in [2.24, 2.45) is 5.92 Å². The Morgan fingerprint density at radius 1 is 0.871 bits per heavy atom. The Kier molecular flexibility index (Phi) is 8.41. The maximum absolute atomic E-state index is 10.9. The summed E-state index contributed by atoms with van der Waals surface area (Å²) in [6.45, 7) is 0. The van der Waals surface area contributed by atoms with Crippen LogP contribution in [0.25, 0.3) is 11.1 Å². The van der Waals surface area contributed by atoms with Crippen LogP contribution in [0.2, 0.25) is 5.02 Å². The smallest absolute Gasteiger partial charge is 0.450 e. The molecule has 3 aromatic rings. The first-order chi connectivity index (χ1) is 14.9. The molecule has 0 saturated heterocycles. The maximum atomic E-state index is 10.9. The summed E-state index contributed by atoms with van der Waals surface area (Å²) in [5.41, 5.74) is 3.30. The molecule has 6 heteroatoms. The molecule has 1 aliphatic carbocycles. The highest BCUT2D eigenvalue weighted by Crippen LogP contribution is 2.43. The van der Waals surface area contributed by atoms with Gasteiger partial charge in [0, 0.05) is 15.2 Å².